The van der Waals surface area contributed by atoms with Crippen LogP contribution in [0.5, 0.6) is 0 Å². The van der Waals surface area contributed by atoms with Crippen LogP contribution in [0, 0.1) is 0 Å². The number of carbonyl (C=O) groups excluding carboxylic acids is 3. The number of para-hydroxylation sites is 1. The van der Waals surface area contributed by atoms with Gasteiger partial charge in [0, 0.05) is 18.2 Å². The molecular weight excluding hydrogens is 443 g/mol. The van der Waals surface area contributed by atoms with E-state index in [0.717, 1.165) is 6.07 Å². The normalized spacial score (nSPS) is 15.9. The highest BCUT2D eigenvalue weighted by molar-refractivity contribution is 6.10. The molecule has 0 saturated carbocycles. The van der Waals surface area contributed by atoms with E-state index in [1.165, 1.54) is 12.1 Å². The van der Waals surface area contributed by atoms with Crippen molar-refractivity contribution in [1.29, 1.82) is 0 Å². The molecule has 0 spiro atoms. The smallest absolute Gasteiger partial charge is 0.449 e. The number of benzene rings is 2. The third-order valence-corrected chi connectivity index (χ3v) is 5.00. The summed E-state index contributed by atoms with van der Waals surface area (Å²) in [5.74, 6) is -2.85. The first-order chi connectivity index (χ1) is 15.6. The number of rotatable bonds is 4. The van der Waals surface area contributed by atoms with Gasteiger partial charge in [-0.15, -0.1) is 0 Å². The topological polar surface area (TPSA) is 118 Å². The molecule has 1 aliphatic rings. The second-order valence-corrected chi connectivity index (χ2v) is 7.33. The van der Waals surface area contributed by atoms with Crippen molar-refractivity contribution in [1.82, 2.24) is 5.32 Å². The SMILES string of the molecule is O=C(CC[C@H]1NC(=O)c2ccccc2NC1=O)Nc1ccc2oc(C(F)(F)F)cc(=O)c2c1. The third kappa shape index (κ3) is 4.71. The summed E-state index contributed by atoms with van der Waals surface area (Å²) in [6.45, 7) is 0. The van der Waals surface area contributed by atoms with E-state index in [-0.39, 0.29) is 29.5 Å². The molecule has 0 saturated heterocycles. The fourth-order valence-electron chi connectivity index (χ4n) is 3.39. The number of nitrogens with one attached hydrogen (secondary N) is 3. The largest absolute Gasteiger partial charge is 0.451 e. The molecule has 0 aliphatic carbocycles. The third-order valence-electron chi connectivity index (χ3n) is 5.00. The molecule has 3 aromatic rings. The summed E-state index contributed by atoms with van der Waals surface area (Å²) in [6.07, 6.45) is -4.95. The molecule has 3 amide bonds. The highest BCUT2D eigenvalue weighted by Gasteiger charge is 2.35. The molecule has 2 heterocycles. The first-order valence-electron chi connectivity index (χ1n) is 9.77. The van der Waals surface area contributed by atoms with Crippen molar-refractivity contribution in [2.45, 2.75) is 25.1 Å². The number of halogens is 3. The van der Waals surface area contributed by atoms with E-state index < -0.39 is 41.1 Å². The van der Waals surface area contributed by atoms with Crippen molar-refractivity contribution >= 4 is 40.1 Å². The summed E-state index contributed by atoms with van der Waals surface area (Å²) in [6, 6.07) is 9.54. The summed E-state index contributed by atoms with van der Waals surface area (Å²) in [5.41, 5.74) is -0.333. The second-order valence-electron chi connectivity index (χ2n) is 7.33. The molecule has 8 nitrogen and oxygen atoms in total. The van der Waals surface area contributed by atoms with Gasteiger partial charge in [-0.3, -0.25) is 19.2 Å². The Bertz CT molecular complexity index is 1330. The molecule has 0 radical (unpaired) electrons. The van der Waals surface area contributed by atoms with E-state index in [9.17, 15) is 32.3 Å². The Morgan fingerprint density at radius 1 is 1.06 bits per heavy atom. The monoisotopic (exact) mass is 459 g/mol. The molecule has 3 N–H and O–H groups in total. The second kappa shape index (κ2) is 8.41. The van der Waals surface area contributed by atoms with Crippen molar-refractivity contribution in [2.24, 2.45) is 0 Å². The summed E-state index contributed by atoms with van der Waals surface area (Å²) >= 11 is 0. The van der Waals surface area contributed by atoms with E-state index in [4.69, 9.17) is 4.42 Å². The van der Waals surface area contributed by atoms with Crippen LogP contribution < -0.4 is 21.4 Å². The number of amides is 3. The van der Waals surface area contributed by atoms with Crippen LogP contribution in [-0.2, 0) is 15.8 Å². The minimum Gasteiger partial charge on any atom is -0.451 e. The van der Waals surface area contributed by atoms with Gasteiger partial charge in [0.1, 0.15) is 11.6 Å². The maximum atomic E-state index is 12.8. The van der Waals surface area contributed by atoms with Crippen LogP contribution in [0.3, 0.4) is 0 Å². The van der Waals surface area contributed by atoms with Gasteiger partial charge in [0.15, 0.2) is 5.43 Å². The summed E-state index contributed by atoms with van der Waals surface area (Å²) in [4.78, 5) is 49.1. The average molecular weight is 459 g/mol. The lowest BCUT2D eigenvalue weighted by atomic mass is 10.1. The molecule has 4 rings (SSSR count). The van der Waals surface area contributed by atoms with Crippen LogP contribution in [0.25, 0.3) is 11.0 Å². The van der Waals surface area contributed by atoms with Crippen LogP contribution in [0.4, 0.5) is 24.5 Å². The van der Waals surface area contributed by atoms with Crippen molar-refractivity contribution < 1.29 is 32.0 Å². The maximum Gasteiger partial charge on any atom is 0.449 e. The van der Waals surface area contributed by atoms with Gasteiger partial charge in [-0.05, 0) is 36.8 Å². The van der Waals surface area contributed by atoms with Gasteiger partial charge in [-0.1, -0.05) is 12.1 Å². The molecule has 1 atom stereocenters. The summed E-state index contributed by atoms with van der Waals surface area (Å²) in [5, 5.41) is 7.60. The van der Waals surface area contributed by atoms with E-state index in [1.54, 1.807) is 24.3 Å². The molecule has 33 heavy (non-hydrogen) atoms. The zero-order chi connectivity index (χ0) is 23.8. The summed E-state index contributed by atoms with van der Waals surface area (Å²) < 4.78 is 43.1. The van der Waals surface area contributed by atoms with Crippen LogP contribution in [-0.4, -0.2) is 23.8 Å². The molecule has 1 aromatic heterocycles. The van der Waals surface area contributed by atoms with Crippen LogP contribution in [0.1, 0.15) is 29.0 Å². The predicted octanol–water partition coefficient (Wildman–Crippen LogP) is 3.28. The molecular formula is C22H16F3N3O5. The Kier molecular flexibility index (Phi) is 5.62. The van der Waals surface area contributed by atoms with Gasteiger partial charge in [0.25, 0.3) is 5.91 Å². The molecule has 1 aliphatic heterocycles. The van der Waals surface area contributed by atoms with Crippen LogP contribution >= 0.6 is 0 Å². The van der Waals surface area contributed by atoms with E-state index in [0.29, 0.717) is 17.3 Å². The van der Waals surface area contributed by atoms with E-state index in [1.807, 2.05) is 0 Å². The van der Waals surface area contributed by atoms with Crippen LogP contribution in [0.2, 0.25) is 0 Å². The number of anilines is 2. The Morgan fingerprint density at radius 3 is 2.58 bits per heavy atom. The molecule has 0 unspecified atom stereocenters. The lowest BCUT2D eigenvalue weighted by molar-refractivity contribution is -0.152. The minimum absolute atomic E-state index is 0.00204. The Morgan fingerprint density at radius 2 is 1.82 bits per heavy atom. The number of hydrogen-bond acceptors (Lipinski definition) is 5. The minimum atomic E-state index is -4.80. The van der Waals surface area contributed by atoms with Crippen molar-refractivity contribution in [3.8, 4) is 0 Å². The lowest BCUT2D eigenvalue weighted by Crippen LogP contribution is -2.41. The zero-order valence-electron chi connectivity index (χ0n) is 16.8. The summed E-state index contributed by atoms with van der Waals surface area (Å²) in [7, 11) is 0. The number of fused-ring (bicyclic) bond motifs is 2. The first kappa shape index (κ1) is 22.1. The molecule has 11 heteroatoms. The Balaban J connectivity index is 1.43. The lowest BCUT2D eigenvalue weighted by Gasteiger charge is -2.14. The van der Waals surface area contributed by atoms with Crippen molar-refractivity contribution in [3.63, 3.8) is 0 Å². The Hall–Kier alpha value is -4.15. The highest BCUT2D eigenvalue weighted by atomic mass is 19.4. The number of hydrogen-bond donors (Lipinski definition) is 3. The fraction of sp³-hybridized carbons (Fsp3) is 0.182. The zero-order valence-corrected chi connectivity index (χ0v) is 16.8. The molecule has 0 bridgehead atoms. The van der Waals surface area contributed by atoms with Gasteiger partial charge in [0.2, 0.25) is 17.6 Å². The standard InChI is InChI=1S/C22H16F3N3O5/c23-22(24,25)18-10-16(29)13-9-11(5-7-17(13)33-18)26-19(30)8-6-15-21(32)27-14-4-2-1-3-12(14)20(31)28-15/h1-5,7,9-10,15H,6,8H2,(H,26,30)(H,27,32)(H,28,31)/t15-/m1/s1. The first-order valence-corrected chi connectivity index (χ1v) is 9.77. The Labute approximate surface area is 183 Å². The molecule has 0 fully saturated rings. The quantitative estimate of drug-likeness (QED) is 0.554. The predicted molar refractivity (Wildman–Crippen MR) is 112 cm³/mol. The highest BCUT2D eigenvalue weighted by Crippen LogP contribution is 2.30. The van der Waals surface area contributed by atoms with Gasteiger partial charge in [0.05, 0.1) is 16.6 Å². The van der Waals surface area contributed by atoms with Gasteiger partial charge in [-0.25, -0.2) is 0 Å². The van der Waals surface area contributed by atoms with E-state index >= 15 is 0 Å². The van der Waals surface area contributed by atoms with E-state index in [2.05, 4.69) is 16.0 Å². The van der Waals surface area contributed by atoms with Gasteiger partial charge < -0.3 is 20.4 Å². The fourth-order valence-corrected chi connectivity index (χ4v) is 3.39. The van der Waals surface area contributed by atoms with Crippen molar-refractivity contribution in [3.05, 3.63) is 70.1 Å². The molecule has 2 aromatic carbocycles. The number of carbonyl (C=O) groups is 3. The van der Waals surface area contributed by atoms with Crippen molar-refractivity contribution in [2.75, 3.05) is 10.6 Å². The van der Waals surface area contributed by atoms with Gasteiger partial charge >= 0.3 is 6.18 Å². The number of alkyl halides is 3. The van der Waals surface area contributed by atoms with Crippen LogP contribution in [0.15, 0.2) is 57.7 Å². The van der Waals surface area contributed by atoms with Gasteiger partial charge in [-0.2, -0.15) is 13.2 Å². The average Bonchev–Trinajstić information content (AvgIpc) is 2.88. The molecule has 170 valence electrons. The maximum absolute atomic E-state index is 12.8.